The first-order chi connectivity index (χ1) is 9.11. The lowest BCUT2D eigenvalue weighted by Crippen LogP contribution is -2.45. The topological polar surface area (TPSA) is 66.8 Å². The van der Waals surface area contributed by atoms with E-state index in [-0.39, 0.29) is 12.0 Å². The van der Waals surface area contributed by atoms with E-state index in [0.29, 0.717) is 5.75 Å². The van der Waals surface area contributed by atoms with Crippen LogP contribution in [0.4, 0.5) is 4.79 Å². The van der Waals surface area contributed by atoms with Gasteiger partial charge in [0.1, 0.15) is 12.6 Å². The first-order valence-corrected chi connectivity index (χ1v) is 7.57. The van der Waals surface area contributed by atoms with Crippen molar-refractivity contribution >= 4 is 23.8 Å². The molecule has 0 spiro atoms. The molecule has 1 amide bonds. The Morgan fingerprint density at radius 3 is 2.84 bits per heavy atom. The maximum atomic E-state index is 11.9. The van der Waals surface area contributed by atoms with E-state index in [1.165, 1.54) is 22.7 Å². The van der Waals surface area contributed by atoms with E-state index in [1.54, 1.807) is 0 Å². The molecule has 2 unspecified atom stereocenters. The summed E-state index contributed by atoms with van der Waals surface area (Å²) in [5.74, 6) is -0.545. The molecule has 1 aliphatic heterocycles. The van der Waals surface area contributed by atoms with Gasteiger partial charge in [-0.3, -0.25) is 4.90 Å². The van der Waals surface area contributed by atoms with Crippen molar-refractivity contribution in [2.24, 2.45) is 0 Å². The fraction of sp³-hybridized carbons (Fsp3) is 0.692. The summed E-state index contributed by atoms with van der Waals surface area (Å²) >= 11 is 1.52. The number of carboxylic acid groups (broad SMARTS) is 1. The fourth-order valence-electron chi connectivity index (χ4n) is 1.99. The minimum atomic E-state index is -0.971. The number of unbranched alkanes of at least 4 members (excludes halogenated alkanes) is 2. The Balaban J connectivity index is 2.65. The summed E-state index contributed by atoms with van der Waals surface area (Å²) in [6.07, 6.45) is 4.91. The van der Waals surface area contributed by atoms with Crippen molar-refractivity contribution in [2.75, 3.05) is 12.4 Å². The third-order valence-corrected chi connectivity index (χ3v) is 4.32. The molecule has 2 atom stereocenters. The van der Waals surface area contributed by atoms with E-state index in [4.69, 9.17) is 9.84 Å². The van der Waals surface area contributed by atoms with Gasteiger partial charge in [-0.25, -0.2) is 9.59 Å². The Morgan fingerprint density at radius 1 is 1.53 bits per heavy atom. The van der Waals surface area contributed by atoms with Crippen molar-refractivity contribution in [3.63, 3.8) is 0 Å². The Labute approximate surface area is 118 Å². The third-order valence-electron chi connectivity index (χ3n) is 2.97. The van der Waals surface area contributed by atoms with Gasteiger partial charge in [-0.1, -0.05) is 38.8 Å². The van der Waals surface area contributed by atoms with Gasteiger partial charge in [0.25, 0.3) is 0 Å². The SMILES string of the molecule is C=CCOC(=O)N1C(CCCCC)SCC1C(=O)O. The molecule has 0 aliphatic carbocycles. The standard InChI is InChI=1S/C13H21NO4S/c1-3-5-6-7-11-14(13(17)18-8-4-2)10(9-19-11)12(15)16/h4,10-11H,2-3,5-9H2,1H3,(H,15,16). The van der Waals surface area contributed by atoms with Crippen molar-refractivity contribution in [3.8, 4) is 0 Å². The molecular weight excluding hydrogens is 266 g/mol. The molecule has 1 aliphatic rings. The average Bonchev–Trinajstić information content (AvgIpc) is 2.80. The Morgan fingerprint density at radius 2 is 2.26 bits per heavy atom. The number of carbonyl (C=O) groups excluding carboxylic acids is 1. The van der Waals surface area contributed by atoms with Crippen LogP contribution < -0.4 is 0 Å². The van der Waals surface area contributed by atoms with Crippen LogP contribution in [0.15, 0.2) is 12.7 Å². The van der Waals surface area contributed by atoms with Crippen LogP contribution in [0.25, 0.3) is 0 Å². The van der Waals surface area contributed by atoms with E-state index < -0.39 is 18.1 Å². The van der Waals surface area contributed by atoms with Crippen molar-refractivity contribution in [1.82, 2.24) is 4.90 Å². The molecule has 1 N–H and O–H groups in total. The summed E-state index contributed by atoms with van der Waals surface area (Å²) in [6.45, 7) is 5.69. The number of hydrogen-bond donors (Lipinski definition) is 1. The molecule has 108 valence electrons. The van der Waals surface area contributed by atoms with Crippen LogP contribution in [0.5, 0.6) is 0 Å². The van der Waals surface area contributed by atoms with Gasteiger partial charge in [-0.05, 0) is 6.42 Å². The summed E-state index contributed by atoms with van der Waals surface area (Å²) in [7, 11) is 0. The number of amides is 1. The van der Waals surface area contributed by atoms with Crippen LogP contribution in [0.1, 0.15) is 32.6 Å². The number of hydrogen-bond acceptors (Lipinski definition) is 4. The number of carbonyl (C=O) groups is 2. The average molecular weight is 287 g/mol. The second-order valence-corrected chi connectivity index (χ2v) is 5.62. The molecule has 0 radical (unpaired) electrons. The summed E-state index contributed by atoms with van der Waals surface area (Å²) < 4.78 is 4.98. The van der Waals surface area contributed by atoms with Gasteiger partial charge in [0, 0.05) is 5.75 Å². The summed E-state index contributed by atoms with van der Waals surface area (Å²) in [5.41, 5.74) is 0. The van der Waals surface area contributed by atoms with E-state index in [1.807, 2.05) is 0 Å². The van der Waals surface area contributed by atoms with Gasteiger partial charge in [-0.15, -0.1) is 11.8 Å². The van der Waals surface area contributed by atoms with Crippen LogP contribution in [0.2, 0.25) is 0 Å². The van der Waals surface area contributed by atoms with E-state index >= 15 is 0 Å². The zero-order valence-corrected chi connectivity index (χ0v) is 12.0. The van der Waals surface area contributed by atoms with Gasteiger partial charge in [0.2, 0.25) is 0 Å². The van der Waals surface area contributed by atoms with Gasteiger partial charge >= 0.3 is 12.1 Å². The summed E-state index contributed by atoms with van der Waals surface area (Å²) in [6, 6.07) is -0.783. The van der Waals surface area contributed by atoms with Crippen LogP contribution >= 0.6 is 11.8 Å². The number of rotatable bonds is 7. The lowest BCUT2D eigenvalue weighted by atomic mass is 10.2. The second kappa shape index (κ2) is 8.09. The lowest BCUT2D eigenvalue weighted by Gasteiger charge is -2.26. The van der Waals surface area contributed by atoms with Gasteiger partial charge in [-0.2, -0.15) is 0 Å². The van der Waals surface area contributed by atoms with Crippen LogP contribution in [0, 0.1) is 0 Å². The molecule has 6 heteroatoms. The number of aliphatic carboxylic acids is 1. The molecule has 1 fully saturated rings. The van der Waals surface area contributed by atoms with Gasteiger partial charge in [0.15, 0.2) is 0 Å². The Hall–Kier alpha value is -1.17. The molecule has 0 aromatic rings. The van der Waals surface area contributed by atoms with Crippen molar-refractivity contribution in [2.45, 2.75) is 44.0 Å². The highest BCUT2D eigenvalue weighted by molar-refractivity contribution is 8.00. The Bertz CT molecular complexity index is 335. The third kappa shape index (κ3) is 4.45. The van der Waals surface area contributed by atoms with E-state index in [2.05, 4.69) is 13.5 Å². The van der Waals surface area contributed by atoms with Gasteiger partial charge < -0.3 is 9.84 Å². The maximum Gasteiger partial charge on any atom is 0.411 e. The predicted molar refractivity (Wildman–Crippen MR) is 75.2 cm³/mol. The van der Waals surface area contributed by atoms with Crippen molar-refractivity contribution < 1.29 is 19.4 Å². The number of nitrogens with zero attached hydrogens (tertiary/aromatic N) is 1. The smallest absolute Gasteiger partial charge is 0.411 e. The van der Waals surface area contributed by atoms with Crippen molar-refractivity contribution in [1.29, 1.82) is 0 Å². The molecular formula is C13H21NO4S. The first kappa shape index (κ1) is 15.9. The number of carboxylic acids is 1. The van der Waals surface area contributed by atoms with Crippen LogP contribution in [-0.4, -0.2) is 45.8 Å². The largest absolute Gasteiger partial charge is 0.480 e. The molecule has 1 saturated heterocycles. The molecule has 0 saturated carbocycles. The summed E-state index contributed by atoms with van der Waals surface area (Å²) in [5, 5.41) is 9.07. The second-order valence-electron chi connectivity index (χ2n) is 4.41. The highest BCUT2D eigenvalue weighted by Gasteiger charge is 2.42. The normalized spacial score (nSPS) is 22.3. The highest BCUT2D eigenvalue weighted by atomic mass is 32.2. The molecule has 1 rings (SSSR count). The maximum absolute atomic E-state index is 11.9. The number of thioether (sulfide) groups is 1. The van der Waals surface area contributed by atoms with E-state index in [9.17, 15) is 9.59 Å². The van der Waals surface area contributed by atoms with Gasteiger partial charge in [0.05, 0.1) is 5.37 Å². The highest BCUT2D eigenvalue weighted by Crippen LogP contribution is 2.33. The molecule has 0 bridgehead atoms. The zero-order chi connectivity index (χ0) is 14.3. The minimum Gasteiger partial charge on any atom is -0.480 e. The first-order valence-electron chi connectivity index (χ1n) is 6.52. The zero-order valence-electron chi connectivity index (χ0n) is 11.2. The lowest BCUT2D eigenvalue weighted by molar-refractivity contribution is -0.141. The number of ether oxygens (including phenoxy) is 1. The molecule has 1 heterocycles. The molecule has 0 aromatic heterocycles. The molecule has 19 heavy (non-hydrogen) atoms. The Kier molecular flexibility index (Phi) is 6.77. The summed E-state index contributed by atoms with van der Waals surface area (Å²) in [4.78, 5) is 24.5. The fourth-order valence-corrected chi connectivity index (χ4v) is 3.43. The van der Waals surface area contributed by atoms with Crippen LogP contribution in [0.3, 0.4) is 0 Å². The quantitative estimate of drug-likeness (QED) is 0.576. The minimum absolute atomic E-state index is 0.0926. The predicted octanol–water partition coefficient (Wildman–Crippen LogP) is 2.72. The van der Waals surface area contributed by atoms with Crippen LogP contribution in [-0.2, 0) is 9.53 Å². The van der Waals surface area contributed by atoms with Crippen molar-refractivity contribution in [3.05, 3.63) is 12.7 Å². The van der Waals surface area contributed by atoms with E-state index in [0.717, 1.165) is 25.7 Å². The molecule has 5 nitrogen and oxygen atoms in total. The molecule has 0 aromatic carbocycles. The monoisotopic (exact) mass is 287 g/mol.